The minimum atomic E-state index is -0.160. The van der Waals surface area contributed by atoms with Crippen molar-refractivity contribution in [1.82, 2.24) is 5.32 Å². The molecule has 4 N–H and O–H groups in total. The Kier molecular flexibility index (Phi) is 6.11. The topological polar surface area (TPSA) is 85.6 Å². The Hall–Kier alpha value is -1.79. The van der Waals surface area contributed by atoms with Crippen molar-refractivity contribution < 1.29 is 14.3 Å². The van der Waals surface area contributed by atoms with Crippen LogP contribution in [0.3, 0.4) is 0 Å². The third-order valence-electron chi connectivity index (χ3n) is 2.75. The molecule has 0 saturated carbocycles. The Balaban J connectivity index is 2.67. The van der Waals surface area contributed by atoms with Crippen LogP contribution in [-0.2, 0) is 9.47 Å². The van der Waals surface area contributed by atoms with Crippen LogP contribution in [0.1, 0.15) is 10.4 Å². The molecule has 0 bridgehead atoms. The van der Waals surface area contributed by atoms with Crippen LogP contribution in [0.2, 0.25) is 0 Å². The average Bonchev–Trinajstić information content (AvgIpc) is 2.43. The van der Waals surface area contributed by atoms with Crippen molar-refractivity contribution in [2.24, 2.45) is 0 Å². The van der Waals surface area contributed by atoms with E-state index in [4.69, 9.17) is 15.2 Å². The SMILES string of the molecule is CNC(=O)c1ccc(NCC(COC)OC)c(N)c1. The van der Waals surface area contributed by atoms with Gasteiger partial charge in [0.05, 0.1) is 24.1 Å². The molecular formula is C13H21N3O3. The lowest BCUT2D eigenvalue weighted by atomic mass is 10.1. The van der Waals surface area contributed by atoms with Crippen molar-refractivity contribution >= 4 is 17.3 Å². The molecule has 0 aliphatic carbocycles. The second-order valence-corrected chi connectivity index (χ2v) is 4.08. The Labute approximate surface area is 113 Å². The van der Waals surface area contributed by atoms with Crippen molar-refractivity contribution in [3.63, 3.8) is 0 Å². The number of benzene rings is 1. The van der Waals surface area contributed by atoms with Crippen LogP contribution in [0.15, 0.2) is 18.2 Å². The summed E-state index contributed by atoms with van der Waals surface area (Å²) >= 11 is 0. The summed E-state index contributed by atoms with van der Waals surface area (Å²) in [6.07, 6.45) is -0.0528. The number of carbonyl (C=O) groups excluding carboxylic acids is 1. The maximum atomic E-state index is 11.5. The second-order valence-electron chi connectivity index (χ2n) is 4.08. The lowest BCUT2D eigenvalue weighted by Crippen LogP contribution is -2.27. The summed E-state index contributed by atoms with van der Waals surface area (Å²) in [6.45, 7) is 1.08. The molecule has 1 aromatic carbocycles. The molecule has 1 amide bonds. The van der Waals surface area contributed by atoms with Gasteiger partial charge in [-0.25, -0.2) is 0 Å². The highest BCUT2D eigenvalue weighted by Crippen LogP contribution is 2.20. The molecule has 0 heterocycles. The molecule has 0 fully saturated rings. The number of rotatable bonds is 7. The second kappa shape index (κ2) is 7.60. The first kappa shape index (κ1) is 15.3. The summed E-state index contributed by atoms with van der Waals surface area (Å²) in [4.78, 5) is 11.5. The predicted octanol–water partition coefficient (Wildman–Crippen LogP) is 0.702. The Morgan fingerprint density at radius 2 is 2.16 bits per heavy atom. The lowest BCUT2D eigenvalue weighted by molar-refractivity contribution is 0.0366. The van der Waals surface area contributed by atoms with Gasteiger partial charge in [-0.2, -0.15) is 0 Å². The van der Waals surface area contributed by atoms with Gasteiger partial charge in [-0.1, -0.05) is 0 Å². The maximum absolute atomic E-state index is 11.5. The van der Waals surface area contributed by atoms with Crippen LogP contribution in [0.25, 0.3) is 0 Å². The van der Waals surface area contributed by atoms with E-state index in [2.05, 4.69) is 10.6 Å². The van der Waals surface area contributed by atoms with Gasteiger partial charge in [0.25, 0.3) is 5.91 Å². The first-order valence-electron chi connectivity index (χ1n) is 5.99. The first-order chi connectivity index (χ1) is 9.12. The third-order valence-corrected chi connectivity index (χ3v) is 2.75. The van der Waals surface area contributed by atoms with Gasteiger partial charge in [-0.05, 0) is 18.2 Å². The van der Waals surface area contributed by atoms with E-state index in [1.807, 2.05) is 0 Å². The summed E-state index contributed by atoms with van der Waals surface area (Å²) in [6, 6.07) is 5.13. The molecule has 106 valence electrons. The van der Waals surface area contributed by atoms with E-state index in [0.717, 1.165) is 5.69 Å². The highest BCUT2D eigenvalue weighted by molar-refractivity contribution is 5.95. The van der Waals surface area contributed by atoms with E-state index in [-0.39, 0.29) is 12.0 Å². The van der Waals surface area contributed by atoms with Gasteiger partial charge >= 0.3 is 0 Å². The monoisotopic (exact) mass is 267 g/mol. The zero-order valence-electron chi connectivity index (χ0n) is 11.5. The smallest absolute Gasteiger partial charge is 0.251 e. The number of methoxy groups -OCH3 is 2. The minimum absolute atomic E-state index is 0.0528. The number of nitrogens with one attached hydrogen (secondary N) is 2. The number of ether oxygens (including phenoxy) is 2. The standard InChI is InChI=1S/C13H21N3O3/c1-15-13(17)9-4-5-12(11(14)6-9)16-7-10(19-3)8-18-2/h4-6,10,16H,7-8,14H2,1-3H3,(H,15,17). The molecule has 1 atom stereocenters. The first-order valence-corrected chi connectivity index (χ1v) is 5.99. The molecule has 0 radical (unpaired) electrons. The molecule has 0 aliphatic heterocycles. The van der Waals surface area contributed by atoms with Gasteiger partial charge in [-0.3, -0.25) is 4.79 Å². The lowest BCUT2D eigenvalue weighted by Gasteiger charge is -2.17. The predicted molar refractivity (Wildman–Crippen MR) is 75.4 cm³/mol. The van der Waals surface area contributed by atoms with E-state index in [0.29, 0.717) is 24.4 Å². The van der Waals surface area contributed by atoms with Crippen LogP contribution in [0.5, 0.6) is 0 Å². The number of hydrogen-bond acceptors (Lipinski definition) is 5. The highest BCUT2D eigenvalue weighted by Gasteiger charge is 2.09. The molecule has 0 aromatic heterocycles. The van der Waals surface area contributed by atoms with Crippen molar-refractivity contribution in [2.45, 2.75) is 6.10 Å². The molecular weight excluding hydrogens is 246 g/mol. The zero-order valence-corrected chi connectivity index (χ0v) is 11.5. The van der Waals surface area contributed by atoms with Crippen molar-refractivity contribution in [1.29, 1.82) is 0 Å². The number of nitrogen functional groups attached to an aromatic ring is 1. The molecule has 0 spiro atoms. The fraction of sp³-hybridized carbons (Fsp3) is 0.462. The Morgan fingerprint density at radius 1 is 1.42 bits per heavy atom. The zero-order chi connectivity index (χ0) is 14.3. The van der Waals surface area contributed by atoms with Gasteiger partial charge in [0.1, 0.15) is 0 Å². The number of anilines is 2. The highest BCUT2D eigenvalue weighted by atomic mass is 16.5. The summed E-state index contributed by atoms with van der Waals surface area (Å²) in [5.74, 6) is -0.160. The van der Waals surface area contributed by atoms with E-state index in [1.165, 1.54) is 0 Å². The normalized spacial score (nSPS) is 11.9. The van der Waals surface area contributed by atoms with Crippen LogP contribution >= 0.6 is 0 Å². The van der Waals surface area contributed by atoms with E-state index in [9.17, 15) is 4.79 Å². The van der Waals surface area contributed by atoms with Crippen molar-refractivity contribution in [3.8, 4) is 0 Å². The molecule has 1 aromatic rings. The quantitative estimate of drug-likeness (QED) is 0.633. The van der Waals surface area contributed by atoms with Crippen LogP contribution in [-0.4, -0.2) is 46.4 Å². The molecule has 19 heavy (non-hydrogen) atoms. The molecule has 0 saturated heterocycles. The Bertz CT molecular complexity index is 424. The van der Waals surface area contributed by atoms with Gasteiger partial charge in [0, 0.05) is 33.4 Å². The fourth-order valence-corrected chi connectivity index (χ4v) is 1.63. The van der Waals surface area contributed by atoms with Crippen LogP contribution < -0.4 is 16.4 Å². The van der Waals surface area contributed by atoms with E-state index in [1.54, 1.807) is 39.5 Å². The summed E-state index contributed by atoms with van der Waals surface area (Å²) in [5, 5.41) is 5.72. The van der Waals surface area contributed by atoms with Gasteiger partial charge in [-0.15, -0.1) is 0 Å². The summed E-state index contributed by atoms with van der Waals surface area (Å²) in [5.41, 5.74) is 7.72. The third kappa shape index (κ3) is 4.42. The molecule has 6 heteroatoms. The Morgan fingerprint density at radius 3 is 2.68 bits per heavy atom. The fourth-order valence-electron chi connectivity index (χ4n) is 1.63. The maximum Gasteiger partial charge on any atom is 0.251 e. The van der Waals surface area contributed by atoms with Gasteiger partial charge < -0.3 is 25.8 Å². The number of hydrogen-bond donors (Lipinski definition) is 3. The molecule has 6 nitrogen and oxygen atoms in total. The van der Waals surface area contributed by atoms with E-state index < -0.39 is 0 Å². The molecule has 1 unspecified atom stereocenters. The van der Waals surface area contributed by atoms with E-state index >= 15 is 0 Å². The summed E-state index contributed by atoms with van der Waals surface area (Å²) in [7, 11) is 4.83. The largest absolute Gasteiger partial charge is 0.397 e. The van der Waals surface area contributed by atoms with Gasteiger partial charge in [0.15, 0.2) is 0 Å². The number of carbonyl (C=O) groups is 1. The number of amides is 1. The molecule has 1 rings (SSSR count). The van der Waals surface area contributed by atoms with Gasteiger partial charge in [0.2, 0.25) is 0 Å². The van der Waals surface area contributed by atoms with Crippen molar-refractivity contribution in [3.05, 3.63) is 23.8 Å². The van der Waals surface area contributed by atoms with Crippen LogP contribution in [0.4, 0.5) is 11.4 Å². The number of nitrogens with two attached hydrogens (primary N) is 1. The van der Waals surface area contributed by atoms with Crippen molar-refractivity contribution in [2.75, 3.05) is 45.5 Å². The molecule has 0 aliphatic rings. The minimum Gasteiger partial charge on any atom is -0.397 e. The average molecular weight is 267 g/mol. The summed E-state index contributed by atoms with van der Waals surface area (Å²) < 4.78 is 10.3. The van der Waals surface area contributed by atoms with Crippen LogP contribution in [0, 0.1) is 0 Å².